The Bertz CT molecular complexity index is 312. The van der Waals surface area contributed by atoms with Gasteiger partial charge >= 0.3 is 0 Å². The minimum Gasteiger partial charge on any atom is -0.314 e. The van der Waals surface area contributed by atoms with Crippen LogP contribution >= 0.6 is 0 Å². The fraction of sp³-hybridized carbons (Fsp3) is 0.684. The van der Waals surface area contributed by atoms with Crippen molar-refractivity contribution in [3.8, 4) is 0 Å². The maximum absolute atomic E-state index is 3.87. The Kier molecular flexibility index (Phi) is 13.5. The molecule has 0 saturated heterocycles. The van der Waals surface area contributed by atoms with E-state index in [2.05, 4.69) is 57.1 Å². The van der Waals surface area contributed by atoms with E-state index in [9.17, 15) is 0 Å². The summed E-state index contributed by atoms with van der Waals surface area (Å²) in [5.41, 5.74) is 2.56. The van der Waals surface area contributed by atoms with Crippen molar-refractivity contribution in [1.29, 1.82) is 0 Å². The summed E-state index contributed by atoms with van der Waals surface area (Å²) in [6, 6.07) is 0.700. The Morgan fingerprint density at radius 3 is 2.43 bits per heavy atom. The predicted octanol–water partition coefficient (Wildman–Crippen LogP) is 4.60. The molecule has 2 N–H and O–H groups in total. The van der Waals surface area contributed by atoms with Gasteiger partial charge in [-0.3, -0.25) is 0 Å². The van der Waals surface area contributed by atoms with Gasteiger partial charge in [0.05, 0.1) is 0 Å². The lowest BCUT2D eigenvalue weighted by molar-refractivity contribution is 0.446. The van der Waals surface area contributed by atoms with Gasteiger partial charge in [0.2, 0.25) is 0 Å². The first-order chi connectivity index (χ1) is 10.1. The smallest absolute Gasteiger partial charge is 0.0205 e. The zero-order valence-electron chi connectivity index (χ0n) is 14.7. The van der Waals surface area contributed by atoms with Crippen molar-refractivity contribution in [1.82, 2.24) is 10.6 Å². The van der Waals surface area contributed by atoms with Crippen LogP contribution in [0.1, 0.15) is 59.8 Å². The summed E-state index contributed by atoms with van der Waals surface area (Å²) in [4.78, 5) is 0. The van der Waals surface area contributed by atoms with Gasteiger partial charge in [-0.15, -0.1) is 0 Å². The first kappa shape index (κ1) is 20.1. The van der Waals surface area contributed by atoms with E-state index >= 15 is 0 Å². The number of allylic oxidation sites excluding steroid dienone is 3. The van der Waals surface area contributed by atoms with Crippen LogP contribution in [0.25, 0.3) is 0 Å². The molecule has 0 radical (unpaired) electrons. The molecule has 0 spiro atoms. The minimum atomic E-state index is 0.700. The van der Waals surface area contributed by atoms with E-state index in [1.54, 1.807) is 0 Å². The summed E-state index contributed by atoms with van der Waals surface area (Å²) in [6.45, 7) is 15.7. The molecule has 2 nitrogen and oxygen atoms in total. The number of hydrogen-bond donors (Lipinski definition) is 2. The highest BCUT2D eigenvalue weighted by atomic mass is 14.9. The van der Waals surface area contributed by atoms with Crippen LogP contribution in [-0.4, -0.2) is 25.7 Å². The van der Waals surface area contributed by atoms with Gasteiger partial charge in [0.15, 0.2) is 0 Å². The monoisotopic (exact) mass is 292 g/mol. The molecule has 122 valence electrons. The van der Waals surface area contributed by atoms with Crippen LogP contribution in [0, 0.1) is 0 Å². The second kappa shape index (κ2) is 14.1. The standard InChI is InChI=1S/C19H36N2/c1-6-9-11-19(8-3)21-15-10-14-20-16-18(7-2)13-12-17(4)5/h7,12-13,19-21H,2,6,8-11,14-16H2,1,3-5H3/b18-13+. The molecule has 0 amide bonds. The lowest BCUT2D eigenvalue weighted by Gasteiger charge is -2.16. The second-order valence-electron chi connectivity index (χ2n) is 5.92. The molecule has 1 unspecified atom stereocenters. The Hall–Kier alpha value is -0.860. The fourth-order valence-corrected chi connectivity index (χ4v) is 2.13. The van der Waals surface area contributed by atoms with E-state index in [0.717, 1.165) is 19.6 Å². The van der Waals surface area contributed by atoms with Gasteiger partial charge in [-0.1, -0.05) is 57.1 Å². The molecule has 21 heavy (non-hydrogen) atoms. The highest BCUT2D eigenvalue weighted by Gasteiger charge is 2.03. The third kappa shape index (κ3) is 12.6. The molecule has 0 aliphatic heterocycles. The van der Waals surface area contributed by atoms with Crippen molar-refractivity contribution in [2.75, 3.05) is 19.6 Å². The average molecular weight is 293 g/mol. The van der Waals surface area contributed by atoms with Gasteiger partial charge in [-0.25, -0.2) is 0 Å². The minimum absolute atomic E-state index is 0.700. The van der Waals surface area contributed by atoms with E-state index in [1.165, 1.54) is 43.3 Å². The summed E-state index contributed by atoms with van der Waals surface area (Å²) in [5, 5.41) is 7.15. The largest absolute Gasteiger partial charge is 0.314 e. The van der Waals surface area contributed by atoms with Gasteiger partial charge in [0.1, 0.15) is 0 Å². The molecule has 0 aromatic heterocycles. The van der Waals surface area contributed by atoms with Crippen LogP contribution in [0.5, 0.6) is 0 Å². The van der Waals surface area contributed by atoms with Crippen LogP contribution in [0.2, 0.25) is 0 Å². The number of nitrogens with one attached hydrogen (secondary N) is 2. The molecular formula is C19H36N2. The van der Waals surface area contributed by atoms with Gasteiger partial charge in [-0.2, -0.15) is 0 Å². The van der Waals surface area contributed by atoms with Crippen LogP contribution in [0.15, 0.2) is 36.0 Å². The Balaban J connectivity index is 3.73. The summed E-state index contributed by atoms with van der Waals surface area (Å²) >= 11 is 0. The van der Waals surface area contributed by atoms with Gasteiger partial charge < -0.3 is 10.6 Å². The van der Waals surface area contributed by atoms with Gasteiger partial charge in [0, 0.05) is 12.6 Å². The van der Waals surface area contributed by atoms with E-state index < -0.39 is 0 Å². The van der Waals surface area contributed by atoms with E-state index in [-0.39, 0.29) is 0 Å². The van der Waals surface area contributed by atoms with Gasteiger partial charge in [0.25, 0.3) is 0 Å². The highest BCUT2D eigenvalue weighted by Crippen LogP contribution is 2.03. The van der Waals surface area contributed by atoms with Crippen LogP contribution < -0.4 is 10.6 Å². The van der Waals surface area contributed by atoms with Crippen molar-refractivity contribution in [3.63, 3.8) is 0 Å². The summed E-state index contributed by atoms with van der Waals surface area (Å²) in [7, 11) is 0. The molecule has 0 bridgehead atoms. The Labute approximate surface area is 132 Å². The first-order valence-corrected chi connectivity index (χ1v) is 8.54. The van der Waals surface area contributed by atoms with Crippen LogP contribution in [0.4, 0.5) is 0 Å². The molecular weight excluding hydrogens is 256 g/mol. The maximum Gasteiger partial charge on any atom is 0.0205 e. The zero-order valence-corrected chi connectivity index (χ0v) is 14.7. The highest BCUT2D eigenvalue weighted by molar-refractivity contribution is 5.24. The van der Waals surface area contributed by atoms with E-state index in [4.69, 9.17) is 0 Å². The summed E-state index contributed by atoms with van der Waals surface area (Å²) in [5.74, 6) is 0. The lowest BCUT2D eigenvalue weighted by Crippen LogP contribution is -2.31. The van der Waals surface area contributed by atoms with E-state index in [1.807, 2.05) is 6.08 Å². The molecule has 0 aromatic carbocycles. The molecule has 0 saturated carbocycles. The zero-order chi connectivity index (χ0) is 15.9. The van der Waals surface area contributed by atoms with Crippen molar-refractivity contribution in [2.45, 2.75) is 65.8 Å². The van der Waals surface area contributed by atoms with E-state index in [0.29, 0.717) is 6.04 Å². The van der Waals surface area contributed by atoms with Crippen molar-refractivity contribution in [3.05, 3.63) is 36.0 Å². The number of hydrogen-bond acceptors (Lipinski definition) is 2. The summed E-state index contributed by atoms with van der Waals surface area (Å²) in [6.07, 6.45) is 12.6. The molecule has 0 aliphatic carbocycles. The molecule has 0 fully saturated rings. The fourth-order valence-electron chi connectivity index (χ4n) is 2.13. The summed E-state index contributed by atoms with van der Waals surface area (Å²) < 4.78 is 0. The topological polar surface area (TPSA) is 24.1 Å². The molecule has 1 atom stereocenters. The lowest BCUT2D eigenvalue weighted by atomic mass is 10.1. The molecule has 0 heterocycles. The van der Waals surface area contributed by atoms with Crippen molar-refractivity contribution >= 4 is 0 Å². The number of unbranched alkanes of at least 4 members (excludes halogenated alkanes) is 1. The van der Waals surface area contributed by atoms with Crippen molar-refractivity contribution in [2.24, 2.45) is 0 Å². The second-order valence-corrected chi connectivity index (χ2v) is 5.92. The molecule has 0 aliphatic rings. The van der Waals surface area contributed by atoms with Crippen molar-refractivity contribution < 1.29 is 0 Å². The SMILES string of the molecule is C=C/C(=C\C=C(C)C)CNCCCNC(CC)CCCC. The normalized spacial score (nSPS) is 13.0. The van der Waals surface area contributed by atoms with Crippen LogP contribution in [-0.2, 0) is 0 Å². The third-order valence-electron chi connectivity index (χ3n) is 3.58. The van der Waals surface area contributed by atoms with Crippen LogP contribution in [0.3, 0.4) is 0 Å². The molecule has 0 rings (SSSR count). The molecule has 0 aromatic rings. The number of rotatable bonds is 13. The van der Waals surface area contributed by atoms with Gasteiger partial charge in [-0.05, 0) is 51.8 Å². The average Bonchev–Trinajstić information content (AvgIpc) is 2.48. The maximum atomic E-state index is 3.87. The molecule has 2 heteroatoms. The third-order valence-corrected chi connectivity index (χ3v) is 3.58. The predicted molar refractivity (Wildman–Crippen MR) is 96.8 cm³/mol. The first-order valence-electron chi connectivity index (χ1n) is 8.54. The quantitative estimate of drug-likeness (QED) is 0.383. The Morgan fingerprint density at radius 2 is 1.86 bits per heavy atom. The Morgan fingerprint density at radius 1 is 1.10 bits per heavy atom.